The summed E-state index contributed by atoms with van der Waals surface area (Å²) in [5, 5.41) is 4.07. The predicted molar refractivity (Wildman–Crippen MR) is 104 cm³/mol. The summed E-state index contributed by atoms with van der Waals surface area (Å²) in [6.07, 6.45) is 4.58. The first kappa shape index (κ1) is 18.2. The molecule has 4 rings (SSSR count). The van der Waals surface area contributed by atoms with E-state index in [9.17, 15) is 9.59 Å². The van der Waals surface area contributed by atoms with E-state index in [4.69, 9.17) is 0 Å². The van der Waals surface area contributed by atoms with Crippen LogP contribution in [-0.4, -0.2) is 59.5 Å². The van der Waals surface area contributed by atoms with Gasteiger partial charge in [-0.15, -0.1) is 0 Å². The number of carbonyl (C=O) groups is 2. The molecule has 3 aliphatic rings. The highest BCUT2D eigenvalue weighted by Gasteiger charge is 2.42. The van der Waals surface area contributed by atoms with Crippen LogP contribution in [-0.2, 0) is 16.0 Å². The number of nitrogens with zero attached hydrogens (tertiary/aromatic N) is 3. The first-order valence-corrected chi connectivity index (χ1v) is 10.1. The number of amides is 2. The van der Waals surface area contributed by atoms with E-state index in [-0.39, 0.29) is 11.8 Å². The molecule has 0 aromatic heterocycles. The summed E-state index contributed by atoms with van der Waals surface area (Å²) in [6, 6.07) is 11.1. The largest absolute Gasteiger partial charge is 0.341 e. The lowest BCUT2D eigenvalue weighted by Gasteiger charge is -2.25. The second-order valence-corrected chi connectivity index (χ2v) is 7.90. The minimum Gasteiger partial charge on any atom is -0.341 e. The Kier molecular flexibility index (Phi) is 5.53. The summed E-state index contributed by atoms with van der Waals surface area (Å²) in [4.78, 5) is 28.4. The van der Waals surface area contributed by atoms with Crippen LogP contribution in [0, 0.1) is 5.92 Å². The fourth-order valence-electron chi connectivity index (χ4n) is 4.55. The first-order chi connectivity index (χ1) is 13.2. The fraction of sp³-hybridized carbons (Fsp3) is 0.571. The van der Waals surface area contributed by atoms with Gasteiger partial charge in [-0.05, 0) is 43.7 Å². The molecule has 2 saturated heterocycles. The van der Waals surface area contributed by atoms with Crippen LogP contribution in [0.25, 0.3) is 0 Å². The maximum atomic E-state index is 12.6. The van der Waals surface area contributed by atoms with Crippen LogP contribution in [0.2, 0.25) is 0 Å². The van der Waals surface area contributed by atoms with Gasteiger partial charge < -0.3 is 4.90 Å². The van der Waals surface area contributed by atoms with Crippen molar-refractivity contribution in [2.45, 2.75) is 44.6 Å². The molecule has 0 spiro atoms. The maximum Gasteiger partial charge on any atom is 0.240 e. The number of fused-ring (bicyclic) bond motifs is 1. The van der Waals surface area contributed by atoms with E-state index in [2.05, 4.69) is 45.8 Å². The van der Waals surface area contributed by atoms with Gasteiger partial charge in [-0.1, -0.05) is 30.3 Å². The van der Waals surface area contributed by atoms with E-state index >= 15 is 0 Å². The van der Waals surface area contributed by atoms with Gasteiger partial charge >= 0.3 is 0 Å². The van der Waals surface area contributed by atoms with E-state index in [1.54, 1.807) is 0 Å². The highest BCUT2D eigenvalue weighted by molar-refractivity contribution is 5.94. The molecule has 0 aliphatic carbocycles. The second kappa shape index (κ2) is 8.21. The number of carbonyl (C=O) groups excluding carboxylic acids is 2. The van der Waals surface area contributed by atoms with Crippen molar-refractivity contribution >= 4 is 17.5 Å². The molecule has 0 radical (unpaired) electrons. The van der Waals surface area contributed by atoms with Gasteiger partial charge in [-0.25, -0.2) is 5.43 Å². The zero-order chi connectivity index (χ0) is 18.6. The summed E-state index contributed by atoms with van der Waals surface area (Å²) in [5.41, 5.74) is 4.83. The minimum absolute atomic E-state index is 0.0342. The minimum atomic E-state index is -0.0342. The van der Waals surface area contributed by atoms with Gasteiger partial charge in [-0.2, -0.15) is 5.10 Å². The standard InChI is InChI=1S/C21H28N4O2/c26-20-8-6-18(22-23-20)7-9-21(27)25-14-17-11-13-24(19(17)15-25)12-10-16-4-2-1-3-5-16/h1-5,17,19H,6-15H2,(H,23,26)/t17-,19+/m0/s1. The third-order valence-corrected chi connectivity index (χ3v) is 6.15. The molecule has 2 amide bonds. The van der Waals surface area contributed by atoms with Gasteiger partial charge in [0.1, 0.15) is 0 Å². The van der Waals surface area contributed by atoms with E-state index in [1.807, 2.05) is 4.90 Å². The average molecular weight is 368 g/mol. The smallest absolute Gasteiger partial charge is 0.240 e. The maximum absolute atomic E-state index is 12.6. The SMILES string of the molecule is O=C1CCC(CCC(=O)N2C[C@@H]3CCN(CCc4ccccc4)[C@@H]3C2)=NN1. The summed E-state index contributed by atoms with van der Waals surface area (Å²) < 4.78 is 0. The van der Waals surface area contributed by atoms with Gasteiger partial charge in [0.2, 0.25) is 11.8 Å². The topological polar surface area (TPSA) is 65.0 Å². The number of hydrogen-bond donors (Lipinski definition) is 1. The Labute approximate surface area is 160 Å². The third-order valence-electron chi connectivity index (χ3n) is 6.15. The van der Waals surface area contributed by atoms with Gasteiger partial charge in [0, 0.05) is 44.2 Å². The van der Waals surface area contributed by atoms with Crippen molar-refractivity contribution in [3.63, 3.8) is 0 Å². The molecule has 0 unspecified atom stereocenters. The summed E-state index contributed by atoms with van der Waals surface area (Å²) >= 11 is 0. The van der Waals surface area contributed by atoms with Crippen LogP contribution in [0.15, 0.2) is 35.4 Å². The van der Waals surface area contributed by atoms with Crippen LogP contribution < -0.4 is 5.43 Å². The van der Waals surface area contributed by atoms with E-state index in [0.29, 0.717) is 37.6 Å². The van der Waals surface area contributed by atoms with Crippen molar-refractivity contribution in [1.82, 2.24) is 15.2 Å². The quantitative estimate of drug-likeness (QED) is 0.833. The highest BCUT2D eigenvalue weighted by Crippen LogP contribution is 2.32. The van der Waals surface area contributed by atoms with E-state index in [0.717, 1.165) is 38.3 Å². The van der Waals surface area contributed by atoms with Gasteiger partial charge in [0.25, 0.3) is 0 Å². The van der Waals surface area contributed by atoms with Gasteiger partial charge in [-0.3, -0.25) is 14.5 Å². The molecular formula is C21H28N4O2. The molecule has 0 saturated carbocycles. The van der Waals surface area contributed by atoms with Crippen molar-refractivity contribution in [1.29, 1.82) is 0 Å². The van der Waals surface area contributed by atoms with Crippen LogP contribution in [0.3, 0.4) is 0 Å². The van der Waals surface area contributed by atoms with Crippen LogP contribution in [0.1, 0.15) is 37.7 Å². The molecule has 144 valence electrons. The lowest BCUT2D eigenvalue weighted by Crippen LogP contribution is -2.38. The van der Waals surface area contributed by atoms with Gasteiger partial charge in [0.15, 0.2) is 0 Å². The van der Waals surface area contributed by atoms with Crippen LogP contribution in [0.4, 0.5) is 0 Å². The predicted octanol–water partition coefficient (Wildman–Crippen LogP) is 1.81. The van der Waals surface area contributed by atoms with E-state index in [1.165, 1.54) is 12.0 Å². The zero-order valence-electron chi connectivity index (χ0n) is 15.8. The molecule has 6 nitrogen and oxygen atoms in total. The lowest BCUT2D eigenvalue weighted by atomic mass is 10.0. The van der Waals surface area contributed by atoms with Gasteiger partial charge in [0.05, 0.1) is 0 Å². The van der Waals surface area contributed by atoms with E-state index < -0.39 is 0 Å². The summed E-state index contributed by atoms with van der Waals surface area (Å²) in [7, 11) is 0. The third kappa shape index (κ3) is 4.38. The molecule has 2 fully saturated rings. The number of hydrazone groups is 1. The highest BCUT2D eigenvalue weighted by atomic mass is 16.2. The Bertz CT molecular complexity index is 718. The molecule has 3 aliphatic heterocycles. The second-order valence-electron chi connectivity index (χ2n) is 7.90. The normalized spacial score (nSPS) is 25.3. The molecular weight excluding hydrogens is 340 g/mol. The number of rotatable bonds is 6. The average Bonchev–Trinajstić information content (AvgIpc) is 3.28. The number of benzene rings is 1. The molecule has 1 N–H and O–H groups in total. The lowest BCUT2D eigenvalue weighted by molar-refractivity contribution is -0.130. The van der Waals surface area contributed by atoms with Crippen molar-refractivity contribution in [2.24, 2.45) is 11.0 Å². The Balaban J connectivity index is 1.25. The fourth-order valence-corrected chi connectivity index (χ4v) is 4.55. The number of hydrogen-bond acceptors (Lipinski definition) is 4. The van der Waals surface area contributed by atoms with Crippen molar-refractivity contribution < 1.29 is 9.59 Å². The first-order valence-electron chi connectivity index (χ1n) is 10.1. The Hall–Kier alpha value is -2.21. The van der Waals surface area contributed by atoms with Crippen LogP contribution >= 0.6 is 0 Å². The van der Waals surface area contributed by atoms with Crippen molar-refractivity contribution in [3.8, 4) is 0 Å². The van der Waals surface area contributed by atoms with Crippen molar-refractivity contribution in [3.05, 3.63) is 35.9 Å². The monoisotopic (exact) mass is 368 g/mol. The Morgan fingerprint density at radius 1 is 1.15 bits per heavy atom. The summed E-state index contributed by atoms with van der Waals surface area (Å²) in [5.74, 6) is 0.816. The molecule has 1 aromatic rings. The molecule has 27 heavy (non-hydrogen) atoms. The zero-order valence-corrected chi connectivity index (χ0v) is 15.8. The summed E-state index contributed by atoms with van der Waals surface area (Å²) in [6.45, 7) is 3.99. The molecule has 1 aromatic carbocycles. The molecule has 6 heteroatoms. The Morgan fingerprint density at radius 2 is 2.00 bits per heavy atom. The van der Waals surface area contributed by atoms with Crippen LogP contribution in [0.5, 0.6) is 0 Å². The molecule has 2 atom stereocenters. The Morgan fingerprint density at radius 3 is 2.78 bits per heavy atom. The molecule has 0 bridgehead atoms. The number of nitrogens with one attached hydrogen (secondary N) is 1. The molecule has 3 heterocycles. The van der Waals surface area contributed by atoms with Crippen molar-refractivity contribution in [2.75, 3.05) is 26.2 Å². The number of likely N-dealkylation sites (tertiary alicyclic amines) is 2.